The van der Waals surface area contributed by atoms with Gasteiger partial charge in [0.15, 0.2) is 0 Å². The zero-order valence-electron chi connectivity index (χ0n) is 10.1. The minimum Gasteiger partial charge on any atom is -0.338 e. The number of rotatable bonds is 2. The highest BCUT2D eigenvalue weighted by atomic mass is 32.1. The highest BCUT2D eigenvalue weighted by molar-refractivity contribution is 7.13. The second kappa shape index (κ2) is 4.96. The first kappa shape index (κ1) is 12.2. The number of thiazole rings is 1. The van der Waals surface area contributed by atoms with Crippen LogP contribution in [0, 0.1) is 6.92 Å². The van der Waals surface area contributed by atoms with Gasteiger partial charge >= 0.3 is 0 Å². The third kappa shape index (κ3) is 2.72. The summed E-state index contributed by atoms with van der Waals surface area (Å²) < 4.78 is 0. The molecule has 1 heterocycles. The summed E-state index contributed by atoms with van der Waals surface area (Å²) >= 11 is 1.42. The molecular weight excluding hydrogens is 236 g/mol. The van der Waals surface area contributed by atoms with E-state index in [0.717, 1.165) is 17.8 Å². The fourth-order valence-electron chi connectivity index (χ4n) is 2.11. The normalized spacial score (nSPS) is 17.2. The molecule has 1 amide bonds. The number of Topliss-reactive ketones (excluding diaryl/α,β-unsaturated/α-hetero) is 1. The largest absolute Gasteiger partial charge is 0.338 e. The molecule has 0 N–H and O–H groups in total. The third-order valence-electron chi connectivity index (χ3n) is 3.21. The van der Waals surface area contributed by atoms with Crippen LogP contribution >= 0.6 is 11.3 Å². The van der Waals surface area contributed by atoms with Crippen LogP contribution in [-0.2, 0) is 4.79 Å². The van der Waals surface area contributed by atoms with E-state index in [0.29, 0.717) is 23.5 Å². The molecule has 0 radical (unpaired) electrons. The van der Waals surface area contributed by atoms with Gasteiger partial charge in [-0.3, -0.25) is 9.59 Å². The summed E-state index contributed by atoms with van der Waals surface area (Å²) in [6.07, 6.45) is 4.42. The van der Waals surface area contributed by atoms with Crippen molar-refractivity contribution in [2.24, 2.45) is 0 Å². The number of amides is 1. The molecular formula is C12H16N2O2S. The molecule has 1 aromatic heterocycles. The molecule has 0 aliphatic heterocycles. The summed E-state index contributed by atoms with van der Waals surface area (Å²) in [4.78, 5) is 29.9. The van der Waals surface area contributed by atoms with E-state index in [1.807, 2.05) is 14.0 Å². The van der Waals surface area contributed by atoms with Gasteiger partial charge in [0.25, 0.3) is 5.91 Å². The summed E-state index contributed by atoms with van der Waals surface area (Å²) in [5.74, 6) is 0.339. The monoisotopic (exact) mass is 252 g/mol. The molecule has 0 aromatic carbocycles. The van der Waals surface area contributed by atoms with Crippen LogP contribution in [0.25, 0.3) is 0 Å². The number of carbonyl (C=O) groups is 2. The van der Waals surface area contributed by atoms with Crippen molar-refractivity contribution in [3.8, 4) is 0 Å². The second-order valence-corrected chi connectivity index (χ2v) is 5.66. The lowest BCUT2D eigenvalue weighted by Crippen LogP contribution is -2.39. The number of aryl methyl sites for hydroxylation is 1. The summed E-state index contributed by atoms with van der Waals surface area (Å²) in [5, 5.41) is 0.903. The minimum absolute atomic E-state index is 0.0231. The Kier molecular flexibility index (Phi) is 3.57. The van der Waals surface area contributed by atoms with Crippen molar-refractivity contribution in [1.29, 1.82) is 0 Å². The van der Waals surface area contributed by atoms with Crippen molar-refractivity contribution in [2.45, 2.75) is 38.6 Å². The zero-order valence-corrected chi connectivity index (χ0v) is 10.9. The van der Waals surface area contributed by atoms with Crippen molar-refractivity contribution in [2.75, 3.05) is 7.05 Å². The lowest BCUT2D eigenvalue weighted by Gasteiger charge is -2.30. The molecule has 5 heteroatoms. The van der Waals surface area contributed by atoms with Crippen molar-refractivity contribution < 1.29 is 9.59 Å². The molecule has 17 heavy (non-hydrogen) atoms. The van der Waals surface area contributed by atoms with Crippen molar-refractivity contribution in [3.05, 3.63) is 16.1 Å². The second-order valence-electron chi connectivity index (χ2n) is 4.43. The molecule has 0 atom stereocenters. The molecule has 4 nitrogen and oxygen atoms in total. The van der Waals surface area contributed by atoms with E-state index >= 15 is 0 Å². The van der Waals surface area contributed by atoms with Crippen molar-refractivity contribution >= 4 is 23.0 Å². The molecule has 1 aliphatic carbocycles. The van der Waals surface area contributed by atoms with E-state index in [1.54, 1.807) is 11.1 Å². The van der Waals surface area contributed by atoms with Gasteiger partial charge in [-0.15, -0.1) is 11.3 Å². The first-order valence-electron chi connectivity index (χ1n) is 5.79. The van der Waals surface area contributed by atoms with E-state index in [-0.39, 0.29) is 11.9 Å². The molecule has 0 bridgehead atoms. The van der Waals surface area contributed by atoms with Gasteiger partial charge in [-0.2, -0.15) is 0 Å². The van der Waals surface area contributed by atoms with Crippen LogP contribution < -0.4 is 0 Å². The standard InChI is InChI=1S/C12H16N2O2S/c1-8-13-7-11(17-8)12(16)14(2)9-3-5-10(15)6-4-9/h7,9H,3-6H2,1-2H3. The molecule has 1 saturated carbocycles. The molecule has 0 saturated heterocycles. The molecule has 0 spiro atoms. The predicted octanol–water partition coefficient (Wildman–Crippen LogP) is 2.04. The molecule has 92 valence electrons. The van der Waals surface area contributed by atoms with E-state index in [1.165, 1.54) is 11.3 Å². The van der Waals surface area contributed by atoms with E-state index in [2.05, 4.69) is 4.98 Å². The summed E-state index contributed by atoms with van der Waals surface area (Å²) in [6.45, 7) is 1.89. The third-order valence-corrected chi connectivity index (χ3v) is 4.11. The lowest BCUT2D eigenvalue weighted by molar-refractivity contribution is -0.121. The molecule has 0 unspecified atom stereocenters. The highest BCUT2D eigenvalue weighted by Crippen LogP contribution is 2.22. The first-order valence-corrected chi connectivity index (χ1v) is 6.61. The van der Waals surface area contributed by atoms with Gasteiger partial charge in [0.1, 0.15) is 10.7 Å². The first-order chi connectivity index (χ1) is 8.08. The van der Waals surface area contributed by atoms with Crippen LogP contribution in [0.1, 0.15) is 40.4 Å². The van der Waals surface area contributed by atoms with Gasteiger partial charge in [-0.05, 0) is 19.8 Å². The predicted molar refractivity (Wildman–Crippen MR) is 66.2 cm³/mol. The maximum Gasteiger partial charge on any atom is 0.265 e. The lowest BCUT2D eigenvalue weighted by atomic mass is 9.93. The average Bonchev–Trinajstić information content (AvgIpc) is 2.75. The summed E-state index contributed by atoms with van der Waals surface area (Å²) in [7, 11) is 1.82. The van der Waals surface area contributed by atoms with E-state index < -0.39 is 0 Å². The number of hydrogen-bond acceptors (Lipinski definition) is 4. The van der Waals surface area contributed by atoms with Crippen molar-refractivity contribution in [1.82, 2.24) is 9.88 Å². The maximum atomic E-state index is 12.2. The van der Waals surface area contributed by atoms with Crippen LogP contribution in [-0.4, -0.2) is 34.7 Å². The Bertz CT molecular complexity index is 431. The Hall–Kier alpha value is -1.23. The maximum absolute atomic E-state index is 12.2. The number of carbonyl (C=O) groups excluding carboxylic acids is 2. The van der Waals surface area contributed by atoms with Gasteiger partial charge in [-0.25, -0.2) is 4.98 Å². The Morgan fingerprint density at radius 1 is 1.47 bits per heavy atom. The van der Waals surface area contributed by atoms with E-state index in [9.17, 15) is 9.59 Å². The minimum atomic E-state index is 0.0231. The van der Waals surface area contributed by atoms with Gasteiger partial charge in [-0.1, -0.05) is 0 Å². The van der Waals surface area contributed by atoms with Crippen LogP contribution in [0.2, 0.25) is 0 Å². The van der Waals surface area contributed by atoms with Gasteiger partial charge in [0.2, 0.25) is 0 Å². The SMILES string of the molecule is Cc1ncc(C(=O)N(C)C2CCC(=O)CC2)s1. The van der Waals surface area contributed by atoms with Crippen LogP contribution in [0.15, 0.2) is 6.20 Å². The van der Waals surface area contributed by atoms with Gasteiger partial charge in [0, 0.05) is 25.9 Å². The van der Waals surface area contributed by atoms with Crippen LogP contribution in [0.4, 0.5) is 0 Å². The Labute approximate surface area is 105 Å². The van der Waals surface area contributed by atoms with E-state index in [4.69, 9.17) is 0 Å². The number of ketones is 1. The summed E-state index contributed by atoms with van der Waals surface area (Å²) in [5.41, 5.74) is 0. The number of nitrogens with zero attached hydrogens (tertiary/aromatic N) is 2. The number of aromatic nitrogens is 1. The smallest absolute Gasteiger partial charge is 0.265 e. The zero-order chi connectivity index (χ0) is 12.4. The Morgan fingerprint density at radius 3 is 2.65 bits per heavy atom. The Balaban J connectivity index is 2.02. The molecule has 2 rings (SSSR count). The fraction of sp³-hybridized carbons (Fsp3) is 0.583. The fourth-order valence-corrected chi connectivity index (χ4v) is 2.87. The molecule has 1 fully saturated rings. The highest BCUT2D eigenvalue weighted by Gasteiger charge is 2.26. The average molecular weight is 252 g/mol. The summed E-state index contributed by atoms with van der Waals surface area (Å²) in [6, 6.07) is 0.197. The Morgan fingerprint density at radius 2 is 2.12 bits per heavy atom. The quantitative estimate of drug-likeness (QED) is 0.809. The molecule has 1 aliphatic rings. The topological polar surface area (TPSA) is 50.3 Å². The van der Waals surface area contributed by atoms with Crippen molar-refractivity contribution in [3.63, 3.8) is 0 Å². The number of hydrogen-bond donors (Lipinski definition) is 0. The van der Waals surface area contributed by atoms with Gasteiger partial charge < -0.3 is 4.90 Å². The van der Waals surface area contributed by atoms with Crippen LogP contribution in [0.5, 0.6) is 0 Å². The van der Waals surface area contributed by atoms with Crippen LogP contribution in [0.3, 0.4) is 0 Å². The molecule has 1 aromatic rings. The van der Waals surface area contributed by atoms with Gasteiger partial charge in [0.05, 0.1) is 11.2 Å².